The van der Waals surface area contributed by atoms with Gasteiger partial charge in [0.15, 0.2) is 5.82 Å². The summed E-state index contributed by atoms with van der Waals surface area (Å²) in [6.45, 7) is 0. The van der Waals surface area contributed by atoms with E-state index in [1.807, 2.05) is 0 Å². The molecule has 0 amide bonds. The van der Waals surface area contributed by atoms with E-state index in [1.54, 1.807) is 18.2 Å². The lowest BCUT2D eigenvalue weighted by atomic mass is 10.2. The van der Waals surface area contributed by atoms with Gasteiger partial charge in [-0.1, -0.05) is 29.3 Å². The van der Waals surface area contributed by atoms with Gasteiger partial charge >= 0.3 is 0 Å². The van der Waals surface area contributed by atoms with Crippen LogP contribution in [0.15, 0.2) is 23.4 Å². The molecule has 0 fully saturated rings. The molecule has 17 heavy (non-hydrogen) atoms. The summed E-state index contributed by atoms with van der Waals surface area (Å²) in [6.07, 6.45) is 0. The molecule has 1 aromatic carbocycles. The maximum Gasteiger partial charge on any atom is 0.296 e. The highest BCUT2D eigenvalue weighted by atomic mass is 35.7. The van der Waals surface area contributed by atoms with Crippen LogP contribution in [0.25, 0.3) is 11.4 Å². The summed E-state index contributed by atoms with van der Waals surface area (Å²) >= 11 is 11.9. The lowest BCUT2D eigenvalue weighted by Gasteiger charge is -2.00. The van der Waals surface area contributed by atoms with Crippen LogP contribution < -0.4 is 0 Å². The number of hydrogen-bond acceptors (Lipinski definition) is 4. The number of aromatic nitrogens is 3. The zero-order valence-corrected chi connectivity index (χ0v) is 11.1. The Morgan fingerprint density at radius 3 is 2.24 bits per heavy atom. The molecule has 1 aromatic heterocycles. The van der Waals surface area contributed by atoms with Crippen LogP contribution in [0.2, 0.25) is 10.0 Å². The predicted octanol–water partition coefficient (Wildman–Crippen LogP) is 2.71. The van der Waals surface area contributed by atoms with Crippen molar-refractivity contribution >= 4 is 42.9 Å². The monoisotopic (exact) mass is 311 g/mol. The number of hydrogen-bond donors (Lipinski definition) is 1. The van der Waals surface area contributed by atoms with E-state index in [-0.39, 0.29) is 5.82 Å². The van der Waals surface area contributed by atoms with Crippen molar-refractivity contribution in [3.8, 4) is 11.4 Å². The third kappa shape index (κ3) is 2.55. The summed E-state index contributed by atoms with van der Waals surface area (Å²) in [5.41, 5.74) is 0.346. The van der Waals surface area contributed by atoms with Crippen LogP contribution in [0.4, 0.5) is 0 Å². The molecule has 9 heteroatoms. The van der Waals surface area contributed by atoms with Crippen LogP contribution in [0.1, 0.15) is 0 Å². The maximum atomic E-state index is 11.0. The Bertz CT molecular complexity index is 648. The second-order valence-electron chi connectivity index (χ2n) is 3.00. The van der Waals surface area contributed by atoms with Crippen LogP contribution in [0.3, 0.4) is 0 Å². The van der Waals surface area contributed by atoms with Crippen LogP contribution in [0, 0.1) is 0 Å². The minimum atomic E-state index is -3.96. The first-order valence-electron chi connectivity index (χ1n) is 4.21. The summed E-state index contributed by atoms with van der Waals surface area (Å²) in [7, 11) is 1.15. The minimum absolute atomic E-state index is 0.0693. The molecule has 0 aliphatic rings. The zero-order valence-electron chi connectivity index (χ0n) is 7.99. The first-order valence-corrected chi connectivity index (χ1v) is 7.27. The van der Waals surface area contributed by atoms with Crippen molar-refractivity contribution in [3.05, 3.63) is 28.2 Å². The quantitative estimate of drug-likeness (QED) is 0.865. The molecule has 0 atom stereocenters. The van der Waals surface area contributed by atoms with Crippen LogP contribution in [0.5, 0.6) is 0 Å². The summed E-state index contributed by atoms with van der Waals surface area (Å²) in [6, 6.07) is 4.84. The smallest absolute Gasteiger partial charge is 0.248 e. The molecule has 0 saturated heterocycles. The molecule has 0 radical (unpaired) electrons. The van der Waals surface area contributed by atoms with Gasteiger partial charge in [0.2, 0.25) is 0 Å². The van der Waals surface area contributed by atoms with Gasteiger partial charge in [-0.05, 0) is 12.1 Å². The summed E-state index contributed by atoms with van der Waals surface area (Å²) in [5.74, 6) is 0.0693. The Hall–Kier alpha value is -0.820. The molecular weight excluding hydrogens is 309 g/mol. The molecule has 0 bridgehead atoms. The van der Waals surface area contributed by atoms with Gasteiger partial charge in [-0.2, -0.15) is 10.1 Å². The van der Waals surface area contributed by atoms with E-state index in [4.69, 9.17) is 33.9 Å². The molecule has 5 nitrogen and oxygen atoms in total. The average molecular weight is 313 g/mol. The highest BCUT2D eigenvalue weighted by Crippen LogP contribution is 2.32. The number of nitrogens with zero attached hydrogens (tertiary/aromatic N) is 2. The van der Waals surface area contributed by atoms with Gasteiger partial charge in [-0.3, -0.25) is 0 Å². The fourth-order valence-electron chi connectivity index (χ4n) is 1.18. The molecule has 90 valence electrons. The van der Waals surface area contributed by atoms with Crippen molar-refractivity contribution in [2.45, 2.75) is 5.16 Å². The molecule has 0 spiro atoms. The fraction of sp³-hybridized carbons (Fsp3) is 0. The van der Waals surface area contributed by atoms with Crippen molar-refractivity contribution in [1.29, 1.82) is 0 Å². The number of benzene rings is 1. The van der Waals surface area contributed by atoms with Crippen molar-refractivity contribution < 1.29 is 8.42 Å². The Labute approximate surface area is 111 Å². The third-order valence-electron chi connectivity index (χ3n) is 1.88. The standard InChI is InChI=1S/C8H4Cl3N3O2S/c9-4-2-1-3-5(10)6(4)7-12-8(14-13-7)17(11,15)16/h1-3H,(H,12,13,14). The van der Waals surface area contributed by atoms with E-state index in [2.05, 4.69) is 15.2 Å². The second-order valence-corrected chi connectivity index (χ2v) is 6.29. The van der Waals surface area contributed by atoms with Crippen molar-refractivity contribution in [2.75, 3.05) is 0 Å². The lowest BCUT2D eigenvalue weighted by molar-refractivity contribution is 0.602. The molecule has 0 aliphatic heterocycles. The van der Waals surface area contributed by atoms with Crippen LogP contribution in [-0.4, -0.2) is 23.6 Å². The van der Waals surface area contributed by atoms with Gasteiger partial charge in [0.1, 0.15) is 0 Å². The molecule has 0 saturated carbocycles. The van der Waals surface area contributed by atoms with E-state index < -0.39 is 14.2 Å². The second kappa shape index (κ2) is 4.45. The molecular formula is C8H4Cl3N3O2S. The Morgan fingerprint density at radius 1 is 1.18 bits per heavy atom. The Balaban J connectivity index is 2.59. The topological polar surface area (TPSA) is 75.7 Å². The largest absolute Gasteiger partial charge is 0.296 e. The SMILES string of the molecule is O=S(=O)(Cl)c1nc(-c2c(Cl)cccc2Cl)n[nH]1. The number of halogens is 3. The molecule has 1 heterocycles. The predicted molar refractivity (Wildman–Crippen MR) is 64.9 cm³/mol. The molecule has 2 aromatic rings. The lowest BCUT2D eigenvalue weighted by Crippen LogP contribution is -1.93. The molecule has 1 N–H and O–H groups in total. The molecule has 0 unspecified atom stereocenters. The van der Waals surface area contributed by atoms with Crippen molar-refractivity contribution in [1.82, 2.24) is 15.2 Å². The minimum Gasteiger partial charge on any atom is -0.248 e. The van der Waals surface area contributed by atoms with E-state index in [1.165, 1.54) is 0 Å². The van der Waals surface area contributed by atoms with Gasteiger partial charge in [0, 0.05) is 10.7 Å². The summed E-state index contributed by atoms with van der Waals surface area (Å²) in [4.78, 5) is 3.72. The third-order valence-corrected chi connectivity index (χ3v) is 3.60. The van der Waals surface area contributed by atoms with Gasteiger partial charge in [0.25, 0.3) is 14.2 Å². The number of nitrogens with one attached hydrogen (secondary N) is 1. The highest BCUT2D eigenvalue weighted by molar-refractivity contribution is 8.13. The summed E-state index contributed by atoms with van der Waals surface area (Å²) < 4.78 is 22.0. The van der Waals surface area contributed by atoms with Crippen molar-refractivity contribution in [2.24, 2.45) is 0 Å². The average Bonchev–Trinajstić information content (AvgIpc) is 2.65. The summed E-state index contributed by atoms with van der Waals surface area (Å²) in [5, 5.41) is 6.08. The Morgan fingerprint density at radius 2 is 1.76 bits per heavy atom. The first kappa shape index (κ1) is 12.6. The van der Waals surface area contributed by atoms with Gasteiger partial charge in [-0.25, -0.2) is 13.5 Å². The Kier molecular flexibility index (Phi) is 3.31. The number of aromatic amines is 1. The van der Waals surface area contributed by atoms with E-state index in [0.717, 1.165) is 0 Å². The highest BCUT2D eigenvalue weighted by Gasteiger charge is 2.19. The first-order chi connectivity index (χ1) is 7.89. The maximum absolute atomic E-state index is 11.0. The number of rotatable bonds is 2. The molecule has 0 aliphatic carbocycles. The van der Waals surface area contributed by atoms with E-state index in [9.17, 15) is 8.42 Å². The normalized spacial score (nSPS) is 11.7. The fourth-order valence-corrected chi connectivity index (χ4v) is 2.30. The van der Waals surface area contributed by atoms with E-state index in [0.29, 0.717) is 15.6 Å². The zero-order chi connectivity index (χ0) is 12.6. The van der Waals surface area contributed by atoms with Crippen molar-refractivity contribution in [3.63, 3.8) is 0 Å². The van der Waals surface area contributed by atoms with Crippen LogP contribution in [-0.2, 0) is 9.05 Å². The molecule has 2 rings (SSSR count). The number of H-pyrrole nitrogens is 1. The van der Waals surface area contributed by atoms with Gasteiger partial charge < -0.3 is 0 Å². The van der Waals surface area contributed by atoms with Gasteiger partial charge in [0.05, 0.1) is 15.6 Å². The van der Waals surface area contributed by atoms with E-state index >= 15 is 0 Å². The van der Waals surface area contributed by atoms with Gasteiger partial charge in [-0.15, -0.1) is 0 Å². The van der Waals surface area contributed by atoms with Crippen LogP contribution >= 0.6 is 33.9 Å².